The van der Waals surface area contributed by atoms with Crippen LogP contribution in [-0.2, 0) is 0 Å². The summed E-state index contributed by atoms with van der Waals surface area (Å²) in [4.78, 5) is 32.5. The van der Waals surface area contributed by atoms with E-state index in [2.05, 4.69) is 46.7 Å². The standard InChI is InChI=1S/C20H23N5O2/c1-12(20(2,3)4)22-15-16(18(27)17(15)26)24-14-10-11-21-19(25-14)23-13-8-6-5-7-9-13/h5-12,22H,1-4H3,(H2,21,23,24,25)/t12-/m1/s1. The predicted molar refractivity (Wildman–Crippen MR) is 109 cm³/mol. The number of nitrogens with zero attached hydrogens (tertiary/aromatic N) is 2. The van der Waals surface area contributed by atoms with Crippen molar-refractivity contribution in [1.29, 1.82) is 0 Å². The Morgan fingerprint density at radius 2 is 1.59 bits per heavy atom. The van der Waals surface area contributed by atoms with E-state index in [1.54, 1.807) is 12.3 Å². The molecule has 140 valence electrons. The number of para-hydroxylation sites is 1. The van der Waals surface area contributed by atoms with Gasteiger partial charge in [-0.1, -0.05) is 39.0 Å². The maximum Gasteiger partial charge on any atom is 0.253 e. The van der Waals surface area contributed by atoms with E-state index in [4.69, 9.17) is 0 Å². The molecule has 0 saturated carbocycles. The topological polar surface area (TPSA) is 96.0 Å². The molecule has 0 saturated heterocycles. The lowest BCUT2D eigenvalue weighted by Gasteiger charge is -2.30. The molecule has 27 heavy (non-hydrogen) atoms. The quantitative estimate of drug-likeness (QED) is 0.576. The maximum atomic E-state index is 12.0. The zero-order valence-electron chi connectivity index (χ0n) is 15.8. The van der Waals surface area contributed by atoms with Crippen molar-refractivity contribution in [2.45, 2.75) is 33.7 Å². The van der Waals surface area contributed by atoms with Gasteiger partial charge in [-0.25, -0.2) is 4.98 Å². The summed E-state index contributed by atoms with van der Waals surface area (Å²) >= 11 is 0. The highest BCUT2D eigenvalue weighted by atomic mass is 16.2. The van der Waals surface area contributed by atoms with Crippen molar-refractivity contribution in [1.82, 2.24) is 9.97 Å². The molecule has 7 nitrogen and oxygen atoms in total. The van der Waals surface area contributed by atoms with Crippen molar-refractivity contribution >= 4 is 28.8 Å². The maximum absolute atomic E-state index is 12.0. The van der Waals surface area contributed by atoms with Crippen LogP contribution in [0.15, 0.2) is 52.2 Å². The number of aromatic nitrogens is 2. The molecule has 3 aromatic rings. The van der Waals surface area contributed by atoms with Crippen LogP contribution >= 0.6 is 0 Å². The number of hydrogen-bond donors (Lipinski definition) is 3. The van der Waals surface area contributed by atoms with Crippen LogP contribution < -0.4 is 26.8 Å². The van der Waals surface area contributed by atoms with Crippen LogP contribution in [0, 0.1) is 5.41 Å². The Labute approximate surface area is 157 Å². The Morgan fingerprint density at radius 1 is 0.926 bits per heavy atom. The van der Waals surface area contributed by atoms with E-state index >= 15 is 0 Å². The molecular formula is C20H23N5O2. The van der Waals surface area contributed by atoms with Gasteiger partial charge >= 0.3 is 0 Å². The van der Waals surface area contributed by atoms with Crippen molar-refractivity contribution in [2.24, 2.45) is 5.41 Å². The van der Waals surface area contributed by atoms with Crippen LogP contribution in [0.1, 0.15) is 27.7 Å². The third-order valence-corrected chi connectivity index (χ3v) is 4.51. The van der Waals surface area contributed by atoms with Crippen LogP contribution in [-0.4, -0.2) is 16.0 Å². The smallest absolute Gasteiger partial charge is 0.253 e. The molecule has 1 aromatic heterocycles. The van der Waals surface area contributed by atoms with E-state index in [-0.39, 0.29) is 17.1 Å². The fourth-order valence-corrected chi connectivity index (χ4v) is 2.35. The Hall–Kier alpha value is -3.22. The highest BCUT2D eigenvalue weighted by Gasteiger charge is 2.27. The fraction of sp³-hybridized carbons (Fsp3) is 0.300. The molecule has 1 heterocycles. The minimum atomic E-state index is -0.546. The summed E-state index contributed by atoms with van der Waals surface area (Å²) in [5, 5.41) is 9.19. The summed E-state index contributed by atoms with van der Waals surface area (Å²) in [5.41, 5.74) is 0.280. The Kier molecular flexibility index (Phi) is 4.94. The highest BCUT2D eigenvalue weighted by molar-refractivity contribution is 5.78. The molecule has 3 rings (SSSR count). The molecule has 0 aliphatic carbocycles. The first-order valence-corrected chi connectivity index (χ1v) is 8.77. The van der Waals surface area contributed by atoms with Crippen LogP contribution in [0.5, 0.6) is 0 Å². The first-order chi connectivity index (χ1) is 12.8. The molecule has 0 fully saturated rings. The lowest BCUT2D eigenvalue weighted by molar-refractivity contribution is 0.359. The largest absolute Gasteiger partial charge is 0.377 e. The van der Waals surface area contributed by atoms with Gasteiger partial charge in [0.15, 0.2) is 0 Å². The molecule has 0 radical (unpaired) electrons. The zero-order valence-corrected chi connectivity index (χ0v) is 15.8. The monoisotopic (exact) mass is 365 g/mol. The van der Waals surface area contributed by atoms with Gasteiger partial charge in [0.05, 0.1) is 0 Å². The average Bonchev–Trinajstić information content (AvgIpc) is 2.64. The molecule has 0 unspecified atom stereocenters. The third-order valence-electron chi connectivity index (χ3n) is 4.51. The van der Waals surface area contributed by atoms with Crippen molar-refractivity contribution < 1.29 is 0 Å². The van der Waals surface area contributed by atoms with Gasteiger partial charge in [0, 0.05) is 17.9 Å². The summed E-state index contributed by atoms with van der Waals surface area (Å²) < 4.78 is 0. The fourth-order valence-electron chi connectivity index (χ4n) is 2.35. The van der Waals surface area contributed by atoms with Crippen LogP contribution in [0.25, 0.3) is 0 Å². The molecule has 0 amide bonds. The minimum Gasteiger partial charge on any atom is -0.377 e. The van der Waals surface area contributed by atoms with Crippen molar-refractivity contribution in [2.75, 3.05) is 16.0 Å². The first-order valence-electron chi connectivity index (χ1n) is 8.77. The number of nitrogens with one attached hydrogen (secondary N) is 3. The van der Waals surface area contributed by atoms with Crippen LogP contribution in [0.2, 0.25) is 0 Å². The summed E-state index contributed by atoms with van der Waals surface area (Å²) in [6.07, 6.45) is 1.58. The number of rotatable bonds is 6. The van der Waals surface area contributed by atoms with Gasteiger partial charge < -0.3 is 16.0 Å². The van der Waals surface area contributed by atoms with Gasteiger partial charge in [-0.3, -0.25) is 9.59 Å². The second-order valence-electron chi connectivity index (χ2n) is 7.52. The second-order valence-corrected chi connectivity index (χ2v) is 7.52. The van der Waals surface area contributed by atoms with E-state index in [1.807, 2.05) is 37.3 Å². The molecule has 0 bridgehead atoms. The van der Waals surface area contributed by atoms with Crippen molar-refractivity contribution in [3.63, 3.8) is 0 Å². The van der Waals surface area contributed by atoms with Crippen molar-refractivity contribution in [3.05, 3.63) is 63.0 Å². The molecule has 2 aromatic carbocycles. The summed E-state index contributed by atoms with van der Waals surface area (Å²) in [5.74, 6) is 0.824. The molecule has 7 heteroatoms. The van der Waals surface area contributed by atoms with E-state index in [0.717, 1.165) is 5.69 Å². The van der Waals surface area contributed by atoms with E-state index in [9.17, 15) is 9.59 Å². The van der Waals surface area contributed by atoms with Crippen LogP contribution in [0.4, 0.5) is 28.8 Å². The SMILES string of the molecule is C[C@@H](Nc1c(Nc2ccnc(Nc3ccccc3)n2)c(=O)c1=O)C(C)(C)C. The second kappa shape index (κ2) is 7.19. The minimum absolute atomic E-state index is 0.0158. The highest BCUT2D eigenvalue weighted by Crippen LogP contribution is 2.26. The van der Waals surface area contributed by atoms with Gasteiger partial charge in [0.25, 0.3) is 10.9 Å². The molecular weight excluding hydrogens is 342 g/mol. The molecule has 3 N–H and O–H groups in total. The van der Waals surface area contributed by atoms with E-state index in [1.165, 1.54) is 0 Å². The average molecular weight is 365 g/mol. The summed E-state index contributed by atoms with van der Waals surface area (Å²) in [7, 11) is 0. The zero-order chi connectivity index (χ0) is 19.6. The van der Waals surface area contributed by atoms with E-state index in [0.29, 0.717) is 17.5 Å². The number of anilines is 5. The van der Waals surface area contributed by atoms with Crippen LogP contribution in [0.3, 0.4) is 0 Å². The Morgan fingerprint density at radius 3 is 2.26 bits per heavy atom. The van der Waals surface area contributed by atoms with Gasteiger partial charge in [-0.15, -0.1) is 0 Å². The third kappa shape index (κ3) is 4.13. The summed E-state index contributed by atoms with van der Waals surface area (Å²) in [6.45, 7) is 8.17. The van der Waals surface area contributed by atoms with Crippen molar-refractivity contribution in [3.8, 4) is 0 Å². The summed E-state index contributed by atoms with van der Waals surface area (Å²) in [6, 6.07) is 11.2. The first kappa shape index (κ1) is 18.6. The lowest BCUT2D eigenvalue weighted by Crippen LogP contribution is -2.41. The van der Waals surface area contributed by atoms with Gasteiger partial charge in [-0.05, 0) is 30.5 Å². The number of benzene rings is 1. The Bertz CT molecular complexity index is 1000. The van der Waals surface area contributed by atoms with Gasteiger partial charge in [0.1, 0.15) is 17.2 Å². The van der Waals surface area contributed by atoms with Gasteiger partial charge in [-0.2, -0.15) is 4.98 Å². The number of hydrogen-bond acceptors (Lipinski definition) is 7. The lowest BCUT2D eigenvalue weighted by atomic mass is 9.87. The normalized spacial score (nSPS) is 12.6. The molecule has 0 spiro atoms. The molecule has 0 aliphatic rings. The van der Waals surface area contributed by atoms with E-state index < -0.39 is 10.9 Å². The molecule has 1 atom stereocenters. The molecule has 0 aliphatic heterocycles. The Balaban J connectivity index is 1.78. The predicted octanol–water partition coefficient (Wildman–Crippen LogP) is 3.41. The van der Waals surface area contributed by atoms with Gasteiger partial charge in [0.2, 0.25) is 5.95 Å².